The molecule has 1 aromatic carbocycles. The van der Waals surface area contributed by atoms with Crippen LogP contribution in [0.15, 0.2) is 24.3 Å². The van der Waals surface area contributed by atoms with E-state index < -0.39 is 0 Å². The van der Waals surface area contributed by atoms with Gasteiger partial charge in [-0.25, -0.2) is 0 Å². The van der Waals surface area contributed by atoms with Gasteiger partial charge in [-0.1, -0.05) is 23.7 Å². The lowest BCUT2D eigenvalue weighted by Gasteiger charge is -2.36. The van der Waals surface area contributed by atoms with Gasteiger partial charge >= 0.3 is 0 Å². The first kappa shape index (κ1) is 15.7. The fraction of sp³-hybridized carbons (Fsp3) is 0.533. The minimum atomic E-state index is 0.0760. The normalized spacial score (nSPS) is 20.8. The molecule has 0 bridgehead atoms. The Balaban J connectivity index is 2.08. The van der Waals surface area contributed by atoms with Crippen LogP contribution in [0.25, 0.3) is 0 Å². The summed E-state index contributed by atoms with van der Waals surface area (Å²) in [7, 11) is 0. The van der Waals surface area contributed by atoms with E-state index in [2.05, 4.69) is 0 Å². The molecule has 0 saturated carbocycles. The predicted molar refractivity (Wildman–Crippen MR) is 86.1 cm³/mol. The Kier molecular flexibility index (Phi) is 5.75. The van der Waals surface area contributed by atoms with Crippen LogP contribution >= 0.6 is 23.4 Å². The zero-order chi connectivity index (χ0) is 14.5. The monoisotopic (exact) mass is 312 g/mol. The van der Waals surface area contributed by atoms with Gasteiger partial charge in [0.05, 0.1) is 6.04 Å². The largest absolute Gasteiger partial charge is 0.334 e. The van der Waals surface area contributed by atoms with Crippen LogP contribution in [0.5, 0.6) is 0 Å². The number of amides is 1. The summed E-state index contributed by atoms with van der Waals surface area (Å²) in [4.78, 5) is 14.4. The second-order valence-corrected chi connectivity index (χ2v) is 6.83. The second-order valence-electron chi connectivity index (χ2n) is 5.25. The summed E-state index contributed by atoms with van der Waals surface area (Å²) in [5.74, 6) is 2.17. The van der Waals surface area contributed by atoms with Crippen LogP contribution in [0, 0.1) is 0 Å². The summed E-state index contributed by atoms with van der Waals surface area (Å²) in [6.45, 7) is 2.76. The maximum atomic E-state index is 12.4. The number of nitrogens with two attached hydrogens (primary N) is 1. The molecule has 110 valence electrons. The Labute approximate surface area is 129 Å². The lowest BCUT2D eigenvalue weighted by atomic mass is 10.1. The third-order valence-electron chi connectivity index (χ3n) is 3.52. The van der Waals surface area contributed by atoms with E-state index in [4.69, 9.17) is 17.3 Å². The highest BCUT2D eigenvalue weighted by molar-refractivity contribution is 7.99. The van der Waals surface area contributed by atoms with Crippen molar-refractivity contribution in [3.8, 4) is 0 Å². The Morgan fingerprint density at radius 3 is 2.85 bits per heavy atom. The van der Waals surface area contributed by atoms with Gasteiger partial charge in [0.2, 0.25) is 5.91 Å². The van der Waals surface area contributed by atoms with Crippen molar-refractivity contribution in [2.45, 2.75) is 31.8 Å². The molecule has 20 heavy (non-hydrogen) atoms. The van der Waals surface area contributed by atoms with Gasteiger partial charge in [-0.15, -0.1) is 0 Å². The molecule has 0 aliphatic carbocycles. The van der Waals surface area contributed by atoms with E-state index in [1.807, 2.05) is 47.9 Å². The van der Waals surface area contributed by atoms with Gasteiger partial charge < -0.3 is 10.6 Å². The van der Waals surface area contributed by atoms with Crippen molar-refractivity contribution in [3.05, 3.63) is 34.9 Å². The third-order valence-corrected chi connectivity index (χ3v) is 4.79. The number of halogens is 1. The van der Waals surface area contributed by atoms with Crippen LogP contribution in [-0.4, -0.2) is 34.9 Å². The van der Waals surface area contributed by atoms with E-state index in [9.17, 15) is 4.79 Å². The average Bonchev–Trinajstić information content (AvgIpc) is 2.45. The molecule has 2 rings (SSSR count). The average molecular weight is 313 g/mol. The molecular weight excluding hydrogens is 292 g/mol. The second kappa shape index (κ2) is 7.34. The number of benzene rings is 1. The lowest BCUT2D eigenvalue weighted by molar-refractivity contribution is -0.133. The maximum Gasteiger partial charge on any atom is 0.223 e. The van der Waals surface area contributed by atoms with Gasteiger partial charge in [0.15, 0.2) is 0 Å². The number of thioether (sulfide) groups is 1. The summed E-state index contributed by atoms with van der Waals surface area (Å²) < 4.78 is 0. The molecule has 1 saturated heterocycles. The molecule has 1 amide bonds. The molecule has 0 radical (unpaired) electrons. The van der Waals surface area contributed by atoms with E-state index in [1.54, 1.807) is 0 Å². The molecule has 5 heteroatoms. The molecule has 1 heterocycles. The minimum absolute atomic E-state index is 0.0760. The lowest BCUT2D eigenvalue weighted by Crippen LogP contribution is -2.41. The van der Waals surface area contributed by atoms with Gasteiger partial charge in [-0.3, -0.25) is 4.79 Å². The quantitative estimate of drug-likeness (QED) is 0.929. The molecule has 2 N–H and O–H groups in total. The van der Waals surface area contributed by atoms with Crippen LogP contribution < -0.4 is 5.73 Å². The molecular formula is C15H21ClN2OS. The molecule has 1 aromatic rings. The van der Waals surface area contributed by atoms with Gasteiger partial charge in [0.25, 0.3) is 0 Å². The van der Waals surface area contributed by atoms with E-state index in [0.717, 1.165) is 35.1 Å². The summed E-state index contributed by atoms with van der Waals surface area (Å²) >= 11 is 7.83. The molecule has 1 fully saturated rings. The maximum absolute atomic E-state index is 12.4. The van der Waals surface area contributed by atoms with Crippen molar-refractivity contribution in [1.29, 1.82) is 0 Å². The van der Waals surface area contributed by atoms with Crippen LogP contribution in [0.3, 0.4) is 0 Å². The van der Waals surface area contributed by atoms with Crippen molar-refractivity contribution in [2.75, 3.05) is 18.1 Å². The zero-order valence-electron chi connectivity index (χ0n) is 11.7. The Morgan fingerprint density at radius 2 is 2.20 bits per heavy atom. The van der Waals surface area contributed by atoms with Gasteiger partial charge in [-0.05, 0) is 31.0 Å². The smallest absolute Gasteiger partial charge is 0.223 e. The van der Waals surface area contributed by atoms with Gasteiger partial charge in [-0.2, -0.15) is 11.8 Å². The van der Waals surface area contributed by atoms with E-state index in [1.165, 1.54) is 0 Å². The number of carbonyl (C=O) groups excluding carboxylic acids is 1. The third kappa shape index (κ3) is 4.14. The van der Waals surface area contributed by atoms with Crippen molar-refractivity contribution in [2.24, 2.45) is 5.73 Å². The fourth-order valence-electron chi connectivity index (χ4n) is 2.36. The van der Waals surface area contributed by atoms with Crippen LogP contribution in [-0.2, 0) is 4.79 Å². The molecule has 1 aliphatic heterocycles. The van der Waals surface area contributed by atoms with Crippen molar-refractivity contribution in [3.63, 3.8) is 0 Å². The minimum Gasteiger partial charge on any atom is -0.334 e. The number of hydrogen-bond acceptors (Lipinski definition) is 3. The van der Waals surface area contributed by atoms with Gasteiger partial charge in [0, 0.05) is 35.5 Å². The van der Waals surface area contributed by atoms with Gasteiger partial charge in [0.1, 0.15) is 0 Å². The molecule has 0 spiro atoms. The Morgan fingerprint density at radius 1 is 1.50 bits per heavy atom. The van der Waals surface area contributed by atoms with Crippen LogP contribution in [0.1, 0.15) is 31.4 Å². The number of nitrogens with zero attached hydrogens (tertiary/aromatic N) is 1. The molecule has 0 aromatic heterocycles. The molecule has 2 unspecified atom stereocenters. The Hall–Kier alpha value is -0.710. The Bertz CT molecular complexity index is 450. The highest BCUT2D eigenvalue weighted by Gasteiger charge is 2.27. The highest BCUT2D eigenvalue weighted by Crippen LogP contribution is 2.30. The van der Waals surface area contributed by atoms with E-state index in [-0.39, 0.29) is 18.0 Å². The topological polar surface area (TPSA) is 46.3 Å². The predicted octanol–water partition coefficient (Wildman–Crippen LogP) is 3.08. The first-order chi connectivity index (χ1) is 9.58. The van der Waals surface area contributed by atoms with Crippen molar-refractivity contribution < 1.29 is 4.79 Å². The summed E-state index contributed by atoms with van der Waals surface area (Å²) in [6, 6.07) is 8.05. The number of carbonyl (C=O) groups is 1. The highest BCUT2D eigenvalue weighted by atomic mass is 35.5. The van der Waals surface area contributed by atoms with E-state index >= 15 is 0 Å². The fourth-order valence-corrected chi connectivity index (χ4v) is 3.57. The van der Waals surface area contributed by atoms with Crippen molar-refractivity contribution >= 4 is 29.3 Å². The first-order valence-electron chi connectivity index (χ1n) is 6.96. The SMILES string of the molecule is CC(N)CCC(=O)N1CCSCC1c1ccc(Cl)cc1. The summed E-state index contributed by atoms with van der Waals surface area (Å²) in [6.07, 6.45) is 1.28. The molecule has 2 atom stereocenters. The summed E-state index contributed by atoms with van der Waals surface area (Å²) in [5, 5.41) is 0.729. The molecule has 1 aliphatic rings. The van der Waals surface area contributed by atoms with Crippen LogP contribution in [0.4, 0.5) is 0 Å². The molecule has 3 nitrogen and oxygen atoms in total. The number of rotatable bonds is 4. The summed E-state index contributed by atoms with van der Waals surface area (Å²) in [5.41, 5.74) is 6.91. The van der Waals surface area contributed by atoms with E-state index in [0.29, 0.717) is 6.42 Å². The first-order valence-corrected chi connectivity index (χ1v) is 8.49. The standard InChI is InChI=1S/C15H21ClN2OS/c1-11(17)2-7-15(19)18-8-9-20-10-14(18)12-3-5-13(16)6-4-12/h3-6,11,14H,2,7-10,17H2,1H3. The van der Waals surface area contributed by atoms with Crippen LogP contribution in [0.2, 0.25) is 5.02 Å². The number of hydrogen-bond donors (Lipinski definition) is 1. The zero-order valence-corrected chi connectivity index (χ0v) is 13.3. The van der Waals surface area contributed by atoms with Crippen molar-refractivity contribution in [1.82, 2.24) is 4.90 Å².